The van der Waals surface area contributed by atoms with Crippen LogP contribution in [0.5, 0.6) is 5.75 Å². The van der Waals surface area contributed by atoms with Crippen molar-refractivity contribution in [2.45, 2.75) is 10.9 Å². The van der Waals surface area contributed by atoms with Gasteiger partial charge < -0.3 is 4.74 Å². The molecule has 6 heteroatoms. The molecular formula is C15H16ClFN2OS. The van der Waals surface area contributed by atoms with Crippen molar-refractivity contribution in [1.82, 2.24) is 5.43 Å². The van der Waals surface area contributed by atoms with Gasteiger partial charge in [-0.2, -0.15) is 0 Å². The van der Waals surface area contributed by atoms with Crippen molar-refractivity contribution in [3.63, 3.8) is 0 Å². The third-order valence-corrected chi connectivity index (χ3v) is 4.34. The van der Waals surface area contributed by atoms with Crippen LogP contribution in [0.4, 0.5) is 4.39 Å². The molecular weight excluding hydrogens is 311 g/mol. The van der Waals surface area contributed by atoms with E-state index in [1.165, 1.54) is 12.1 Å². The Morgan fingerprint density at radius 1 is 1.29 bits per heavy atom. The van der Waals surface area contributed by atoms with Crippen LogP contribution >= 0.6 is 23.4 Å². The van der Waals surface area contributed by atoms with E-state index in [0.717, 1.165) is 16.2 Å². The number of benzene rings is 2. The number of halogens is 2. The zero-order chi connectivity index (χ0) is 15.2. The molecule has 21 heavy (non-hydrogen) atoms. The van der Waals surface area contributed by atoms with Crippen LogP contribution in [-0.4, -0.2) is 12.9 Å². The maximum Gasteiger partial charge on any atom is 0.123 e. The second-order valence-corrected chi connectivity index (χ2v) is 5.90. The first kappa shape index (κ1) is 16.1. The smallest absolute Gasteiger partial charge is 0.123 e. The van der Waals surface area contributed by atoms with Crippen LogP contribution in [0, 0.1) is 5.82 Å². The lowest BCUT2D eigenvalue weighted by Crippen LogP contribution is -2.30. The third-order valence-electron chi connectivity index (χ3n) is 3.00. The standard InChI is InChI=1S/C15H16ClFN2OS/c1-20-15-7-2-10(16)8-13(15)14(19-18)9-21-12-5-3-11(17)4-6-12/h2-8,14,19H,9,18H2,1H3. The number of hydrogen-bond acceptors (Lipinski definition) is 4. The largest absolute Gasteiger partial charge is 0.496 e. The molecule has 1 atom stereocenters. The fraction of sp³-hybridized carbons (Fsp3) is 0.200. The van der Waals surface area contributed by atoms with Gasteiger partial charge in [0, 0.05) is 21.2 Å². The summed E-state index contributed by atoms with van der Waals surface area (Å²) >= 11 is 7.61. The molecule has 0 aliphatic heterocycles. The fourth-order valence-electron chi connectivity index (χ4n) is 1.92. The molecule has 2 rings (SSSR count). The molecule has 2 aromatic carbocycles. The zero-order valence-electron chi connectivity index (χ0n) is 11.5. The van der Waals surface area contributed by atoms with Crippen LogP contribution in [0.1, 0.15) is 11.6 Å². The van der Waals surface area contributed by atoms with Crippen molar-refractivity contribution in [2.75, 3.05) is 12.9 Å². The summed E-state index contributed by atoms with van der Waals surface area (Å²) in [5.74, 6) is 6.79. The summed E-state index contributed by atoms with van der Waals surface area (Å²) in [6.07, 6.45) is 0. The van der Waals surface area contributed by atoms with Gasteiger partial charge in [-0.3, -0.25) is 11.3 Å². The normalized spacial score (nSPS) is 12.2. The zero-order valence-corrected chi connectivity index (χ0v) is 13.0. The van der Waals surface area contributed by atoms with Gasteiger partial charge >= 0.3 is 0 Å². The maximum atomic E-state index is 12.9. The van der Waals surface area contributed by atoms with Gasteiger partial charge in [0.05, 0.1) is 13.2 Å². The molecule has 0 saturated carbocycles. The van der Waals surface area contributed by atoms with Crippen molar-refractivity contribution in [3.8, 4) is 5.75 Å². The number of nitrogens with one attached hydrogen (secondary N) is 1. The molecule has 0 aliphatic rings. The van der Waals surface area contributed by atoms with Crippen LogP contribution < -0.4 is 16.0 Å². The van der Waals surface area contributed by atoms with Crippen molar-refractivity contribution >= 4 is 23.4 Å². The van der Waals surface area contributed by atoms with E-state index < -0.39 is 0 Å². The molecule has 0 aromatic heterocycles. The van der Waals surface area contributed by atoms with E-state index >= 15 is 0 Å². The highest BCUT2D eigenvalue weighted by Gasteiger charge is 2.16. The van der Waals surface area contributed by atoms with Crippen LogP contribution in [0.2, 0.25) is 5.02 Å². The quantitative estimate of drug-likeness (QED) is 0.482. The Hall–Kier alpha value is -1.27. The van der Waals surface area contributed by atoms with Crippen LogP contribution in [0.3, 0.4) is 0 Å². The summed E-state index contributed by atoms with van der Waals surface area (Å²) in [7, 11) is 1.60. The van der Waals surface area contributed by atoms with Crippen LogP contribution in [-0.2, 0) is 0 Å². The van der Waals surface area contributed by atoms with Crippen LogP contribution in [0.15, 0.2) is 47.4 Å². The SMILES string of the molecule is COc1ccc(Cl)cc1C(CSc1ccc(F)cc1)NN. The number of hydrazine groups is 1. The monoisotopic (exact) mass is 326 g/mol. The molecule has 1 unspecified atom stereocenters. The van der Waals surface area contributed by atoms with Gasteiger partial charge in [-0.25, -0.2) is 4.39 Å². The summed E-state index contributed by atoms with van der Waals surface area (Å²) in [4.78, 5) is 0.970. The number of rotatable bonds is 6. The minimum absolute atomic E-state index is 0.131. The summed E-state index contributed by atoms with van der Waals surface area (Å²) in [5, 5.41) is 0.623. The molecule has 0 aliphatic carbocycles. The summed E-state index contributed by atoms with van der Waals surface area (Å²) in [5.41, 5.74) is 3.66. The molecule has 0 bridgehead atoms. The van der Waals surface area contributed by atoms with Gasteiger partial charge in [-0.1, -0.05) is 11.6 Å². The van der Waals surface area contributed by atoms with E-state index in [2.05, 4.69) is 5.43 Å². The second kappa shape index (κ2) is 7.66. The lowest BCUT2D eigenvalue weighted by atomic mass is 10.1. The summed E-state index contributed by atoms with van der Waals surface area (Å²) < 4.78 is 18.2. The summed E-state index contributed by atoms with van der Waals surface area (Å²) in [6.45, 7) is 0. The first-order valence-corrected chi connectivity index (χ1v) is 7.68. The molecule has 0 fully saturated rings. The molecule has 2 aromatic rings. The Labute approximate surface area is 132 Å². The number of nitrogens with two attached hydrogens (primary N) is 1. The van der Waals surface area contributed by atoms with Crippen molar-refractivity contribution in [2.24, 2.45) is 5.84 Å². The van der Waals surface area contributed by atoms with Crippen molar-refractivity contribution in [1.29, 1.82) is 0 Å². The number of methoxy groups -OCH3 is 1. The first-order valence-electron chi connectivity index (χ1n) is 6.32. The predicted molar refractivity (Wildman–Crippen MR) is 85.2 cm³/mol. The Morgan fingerprint density at radius 3 is 2.62 bits per heavy atom. The molecule has 0 spiro atoms. The van der Waals surface area contributed by atoms with Gasteiger partial charge in [0.2, 0.25) is 0 Å². The second-order valence-electron chi connectivity index (χ2n) is 4.37. The molecule has 3 nitrogen and oxygen atoms in total. The number of ether oxygens (including phenoxy) is 1. The average Bonchev–Trinajstić information content (AvgIpc) is 2.50. The third kappa shape index (κ3) is 4.35. The van der Waals surface area contributed by atoms with E-state index in [0.29, 0.717) is 10.8 Å². The molecule has 0 saturated heterocycles. The molecule has 0 heterocycles. The predicted octanol–water partition coefficient (Wildman–Crippen LogP) is 3.78. The minimum atomic E-state index is -0.246. The minimum Gasteiger partial charge on any atom is -0.496 e. The Bertz CT molecular complexity index is 595. The first-order chi connectivity index (χ1) is 10.1. The highest BCUT2D eigenvalue weighted by Crippen LogP contribution is 2.31. The van der Waals surface area contributed by atoms with Gasteiger partial charge in [-0.15, -0.1) is 11.8 Å². The number of hydrogen-bond donors (Lipinski definition) is 2. The Balaban J connectivity index is 2.12. The van der Waals surface area contributed by atoms with Crippen molar-refractivity contribution < 1.29 is 9.13 Å². The number of thioether (sulfide) groups is 1. The van der Waals surface area contributed by atoms with Crippen LogP contribution in [0.25, 0.3) is 0 Å². The lowest BCUT2D eigenvalue weighted by molar-refractivity contribution is 0.403. The Kier molecular flexibility index (Phi) is 5.87. The van der Waals surface area contributed by atoms with Gasteiger partial charge in [-0.05, 0) is 42.5 Å². The Morgan fingerprint density at radius 2 is 2.00 bits per heavy atom. The fourth-order valence-corrected chi connectivity index (χ4v) is 3.06. The molecule has 0 amide bonds. The molecule has 112 valence electrons. The van der Waals surface area contributed by atoms with E-state index in [9.17, 15) is 4.39 Å². The summed E-state index contributed by atoms with van der Waals surface area (Å²) in [6, 6.07) is 11.6. The van der Waals surface area contributed by atoms with E-state index in [1.54, 1.807) is 37.1 Å². The topological polar surface area (TPSA) is 47.3 Å². The average molecular weight is 327 g/mol. The van der Waals surface area contributed by atoms with E-state index in [-0.39, 0.29) is 11.9 Å². The van der Waals surface area contributed by atoms with Gasteiger partial charge in [0.25, 0.3) is 0 Å². The molecule has 0 radical (unpaired) electrons. The highest BCUT2D eigenvalue weighted by atomic mass is 35.5. The highest BCUT2D eigenvalue weighted by molar-refractivity contribution is 7.99. The van der Waals surface area contributed by atoms with Crippen molar-refractivity contribution in [3.05, 3.63) is 58.9 Å². The molecule has 3 N–H and O–H groups in total. The van der Waals surface area contributed by atoms with E-state index in [1.807, 2.05) is 12.1 Å². The van der Waals surface area contributed by atoms with Gasteiger partial charge in [0.15, 0.2) is 0 Å². The van der Waals surface area contributed by atoms with E-state index in [4.69, 9.17) is 22.2 Å². The van der Waals surface area contributed by atoms with Gasteiger partial charge in [0.1, 0.15) is 11.6 Å². The maximum absolute atomic E-state index is 12.9. The lowest BCUT2D eigenvalue weighted by Gasteiger charge is -2.19.